The van der Waals surface area contributed by atoms with E-state index in [1.165, 1.54) is 12.1 Å². The Morgan fingerprint density at radius 1 is 1.03 bits per heavy atom. The molecular weight excluding hydrogens is 408 g/mol. The number of hydrogen-bond donors (Lipinski definition) is 2. The van der Waals surface area contributed by atoms with Gasteiger partial charge in [-0.2, -0.15) is 0 Å². The summed E-state index contributed by atoms with van der Waals surface area (Å²) in [6.45, 7) is 1.12. The minimum atomic E-state index is -0.508. The maximum atomic E-state index is 12.7. The lowest BCUT2D eigenvalue weighted by Crippen LogP contribution is -2.23. The smallest absolute Gasteiger partial charge is 0.293 e. The molecule has 1 aliphatic heterocycles. The zero-order valence-electron chi connectivity index (χ0n) is 17.3. The van der Waals surface area contributed by atoms with Crippen LogP contribution in [0.4, 0.5) is 22.7 Å². The molecule has 2 N–H and O–H groups in total. The highest BCUT2D eigenvalue weighted by atomic mass is 16.6. The van der Waals surface area contributed by atoms with Crippen LogP contribution in [0, 0.1) is 10.1 Å². The van der Waals surface area contributed by atoms with Gasteiger partial charge in [0.25, 0.3) is 11.6 Å². The Kier molecular flexibility index (Phi) is 6.12. The fourth-order valence-electron chi connectivity index (χ4n) is 3.62. The summed E-state index contributed by atoms with van der Waals surface area (Å²) in [5, 5.41) is 17.4. The molecule has 0 bridgehead atoms. The van der Waals surface area contributed by atoms with Crippen LogP contribution in [0.5, 0.6) is 0 Å². The van der Waals surface area contributed by atoms with Crippen LogP contribution >= 0.6 is 0 Å². The molecule has 0 aliphatic carbocycles. The molecule has 0 saturated carbocycles. The largest absolute Gasteiger partial charge is 0.375 e. The Bertz CT molecular complexity index is 1150. The van der Waals surface area contributed by atoms with E-state index >= 15 is 0 Å². The van der Waals surface area contributed by atoms with E-state index in [0.29, 0.717) is 30.9 Å². The number of nitro groups is 1. The first-order valence-electron chi connectivity index (χ1n) is 10.3. The summed E-state index contributed by atoms with van der Waals surface area (Å²) in [5.41, 5.74) is 2.67. The third-order valence-corrected chi connectivity index (χ3v) is 5.29. The fourth-order valence-corrected chi connectivity index (χ4v) is 3.62. The van der Waals surface area contributed by atoms with Gasteiger partial charge in [-0.15, -0.1) is 0 Å². The molecular formula is C24H22N4O4. The lowest BCUT2D eigenvalue weighted by atomic mass is 10.1. The summed E-state index contributed by atoms with van der Waals surface area (Å²) in [4.78, 5) is 37.3. The number of nitrogens with zero attached hydrogens (tertiary/aromatic N) is 2. The molecule has 162 valence electrons. The Morgan fingerprint density at radius 2 is 1.78 bits per heavy atom. The molecule has 0 radical (unpaired) electrons. The lowest BCUT2D eigenvalue weighted by molar-refractivity contribution is -0.384. The maximum Gasteiger partial charge on any atom is 0.293 e. The van der Waals surface area contributed by atoms with Crippen molar-refractivity contribution in [2.24, 2.45) is 0 Å². The number of amides is 2. The van der Waals surface area contributed by atoms with E-state index in [2.05, 4.69) is 10.6 Å². The number of nitro benzene ring substituents is 1. The SMILES string of the molecule is O=C(Nc1ccc(N2CCCC2=O)cc1)c1ccc(NCc2ccccc2)c([N+](=O)[O-])c1. The number of benzene rings is 3. The summed E-state index contributed by atoms with van der Waals surface area (Å²) >= 11 is 0. The van der Waals surface area contributed by atoms with Gasteiger partial charge < -0.3 is 15.5 Å². The van der Waals surface area contributed by atoms with Crippen molar-refractivity contribution >= 4 is 34.6 Å². The van der Waals surface area contributed by atoms with Gasteiger partial charge in [0, 0.05) is 42.5 Å². The molecule has 1 fully saturated rings. The predicted molar refractivity (Wildman–Crippen MR) is 123 cm³/mol. The second-order valence-electron chi connectivity index (χ2n) is 7.48. The molecule has 1 aliphatic rings. The minimum absolute atomic E-state index is 0.0926. The second-order valence-corrected chi connectivity index (χ2v) is 7.48. The van der Waals surface area contributed by atoms with Crippen LogP contribution in [0.1, 0.15) is 28.8 Å². The molecule has 8 nitrogen and oxygen atoms in total. The van der Waals surface area contributed by atoms with Crippen LogP contribution in [-0.4, -0.2) is 23.3 Å². The van der Waals surface area contributed by atoms with Gasteiger partial charge in [0.2, 0.25) is 5.91 Å². The Hall–Kier alpha value is -4.20. The van der Waals surface area contributed by atoms with Crippen molar-refractivity contribution in [1.82, 2.24) is 0 Å². The first kappa shape index (κ1) is 21.0. The minimum Gasteiger partial charge on any atom is -0.375 e. The lowest BCUT2D eigenvalue weighted by Gasteiger charge is -2.16. The van der Waals surface area contributed by atoms with E-state index in [4.69, 9.17) is 0 Å². The van der Waals surface area contributed by atoms with Crippen molar-refractivity contribution in [1.29, 1.82) is 0 Å². The molecule has 1 heterocycles. The van der Waals surface area contributed by atoms with Crippen LogP contribution in [-0.2, 0) is 11.3 Å². The molecule has 0 aromatic heterocycles. The highest BCUT2D eigenvalue weighted by molar-refractivity contribution is 6.05. The number of anilines is 3. The average Bonchev–Trinajstić information content (AvgIpc) is 3.24. The zero-order chi connectivity index (χ0) is 22.5. The highest BCUT2D eigenvalue weighted by Gasteiger charge is 2.22. The van der Waals surface area contributed by atoms with Crippen molar-refractivity contribution in [2.75, 3.05) is 22.1 Å². The van der Waals surface area contributed by atoms with E-state index in [-0.39, 0.29) is 17.2 Å². The summed E-state index contributed by atoms with van der Waals surface area (Å²) in [5.74, 6) is -0.359. The van der Waals surface area contributed by atoms with Gasteiger partial charge in [0.05, 0.1) is 4.92 Å². The standard InChI is InChI=1S/C24H22N4O4/c29-23-7-4-14-27(23)20-11-9-19(10-12-20)26-24(30)18-8-13-21(22(15-18)28(31)32)25-16-17-5-2-1-3-6-17/h1-3,5-6,8-13,15,25H,4,7,14,16H2,(H,26,30). The van der Waals surface area contributed by atoms with Crippen molar-refractivity contribution in [3.05, 3.63) is 94.0 Å². The van der Waals surface area contributed by atoms with E-state index in [0.717, 1.165) is 17.7 Å². The van der Waals surface area contributed by atoms with E-state index in [9.17, 15) is 19.7 Å². The quantitative estimate of drug-likeness (QED) is 0.421. The molecule has 4 rings (SSSR count). The Morgan fingerprint density at radius 3 is 2.44 bits per heavy atom. The summed E-state index contributed by atoms with van der Waals surface area (Å²) in [6, 6.07) is 20.9. The van der Waals surface area contributed by atoms with E-state index < -0.39 is 10.8 Å². The monoisotopic (exact) mass is 430 g/mol. The third-order valence-electron chi connectivity index (χ3n) is 5.29. The average molecular weight is 430 g/mol. The van der Waals surface area contributed by atoms with Crippen LogP contribution in [0.2, 0.25) is 0 Å². The number of carbonyl (C=O) groups excluding carboxylic acids is 2. The molecule has 8 heteroatoms. The number of nitrogens with one attached hydrogen (secondary N) is 2. The van der Waals surface area contributed by atoms with Crippen LogP contribution in [0.25, 0.3) is 0 Å². The normalized spacial score (nSPS) is 13.1. The van der Waals surface area contributed by atoms with Gasteiger partial charge in [0.1, 0.15) is 5.69 Å². The number of carbonyl (C=O) groups is 2. The van der Waals surface area contributed by atoms with Crippen molar-refractivity contribution in [2.45, 2.75) is 19.4 Å². The summed E-state index contributed by atoms with van der Waals surface area (Å²) < 4.78 is 0. The van der Waals surface area contributed by atoms with E-state index in [1.807, 2.05) is 30.3 Å². The van der Waals surface area contributed by atoms with Gasteiger partial charge in [-0.05, 0) is 48.4 Å². The molecule has 0 atom stereocenters. The van der Waals surface area contributed by atoms with Crippen molar-refractivity contribution in [3.8, 4) is 0 Å². The van der Waals surface area contributed by atoms with Gasteiger partial charge in [-0.3, -0.25) is 19.7 Å². The number of hydrogen-bond acceptors (Lipinski definition) is 5. The van der Waals surface area contributed by atoms with Crippen LogP contribution < -0.4 is 15.5 Å². The first-order chi connectivity index (χ1) is 15.5. The van der Waals surface area contributed by atoms with Crippen LogP contribution in [0.3, 0.4) is 0 Å². The Labute approximate surface area is 185 Å². The Balaban J connectivity index is 1.45. The fraction of sp³-hybridized carbons (Fsp3) is 0.167. The van der Waals surface area contributed by atoms with E-state index in [1.54, 1.807) is 35.2 Å². The summed E-state index contributed by atoms with van der Waals surface area (Å²) in [7, 11) is 0. The number of rotatable bonds is 7. The molecule has 2 amide bonds. The highest BCUT2D eigenvalue weighted by Crippen LogP contribution is 2.27. The van der Waals surface area contributed by atoms with Gasteiger partial charge >= 0.3 is 0 Å². The maximum absolute atomic E-state index is 12.7. The topological polar surface area (TPSA) is 105 Å². The molecule has 0 unspecified atom stereocenters. The first-order valence-corrected chi connectivity index (χ1v) is 10.3. The molecule has 3 aromatic rings. The van der Waals surface area contributed by atoms with Gasteiger partial charge in [-0.25, -0.2) is 0 Å². The molecule has 1 saturated heterocycles. The third kappa shape index (κ3) is 4.75. The predicted octanol–water partition coefficient (Wildman–Crippen LogP) is 4.59. The molecule has 32 heavy (non-hydrogen) atoms. The van der Waals surface area contributed by atoms with Gasteiger partial charge in [-0.1, -0.05) is 30.3 Å². The second kappa shape index (κ2) is 9.30. The molecule has 0 spiro atoms. The molecule has 3 aromatic carbocycles. The summed E-state index contributed by atoms with van der Waals surface area (Å²) in [6.07, 6.45) is 1.39. The van der Waals surface area contributed by atoms with Crippen LogP contribution in [0.15, 0.2) is 72.8 Å². The zero-order valence-corrected chi connectivity index (χ0v) is 17.3. The van der Waals surface area contributed by atoms with Crippen molar-refractivity contribution in [3.63, 3.8) is 0 Å². The van der Waals surface area contributed by atoms with Gasteiger partial charge in [0.15, 0.2) is 0 Å². The van der Waals surface area contributed by atoms with Crippen molar-refractivity contribution < 1.29 is 14.5 Å².